The van der Waals surface area contributed by atoms with Gasteiger partial charge in [-0.15, -0.1) is 0 Å². The van der Waals surface area contributed by atoms with E-state index in [0.717, 1.165) is 18.6 Å². The fourth-order valence-electron chi connectivity index (χ4n) is 1.42. The summed E-state index contributed by atoms with van der Waals surface area (Å²) in [6, 6.07) is 8.29. The zero-order chi connectivity index (χ0) is 6.97. The minimum atomic E-state index is 0.848. The normalized spacial score (nSPS) is 15.4. The highest BCUT2D eigenvalue weighted by Crippen LogP contribution is 2.18. The van der Waals surface area contributed by atoms with Gasteiger partial charge in [0.25, 0.3) is 0 Å². The van der Waals surface area contributed by atoms with E-state index in [4.69, 9.17) is 5.41 Å². The standard InChI is InChI=1S/C9H9N/c10-9-5-7-3-1-2-4-8(7)6-9/h1-4,10H,5-6H2. The number of benzene rings is 1. The number of nitrogens with one attached hydrogen (secondary N) is 1. The van der Waals surface area contributed by atoms with E-state index in [1.54, 1.807) is 0 Å². The largest absolute Gasteiger partial charge is 0.309 e. The molecule has 0 aromatic heterocycles. The molecular formula is C9H9N. The zero-order valence-corrected chi connectivity index (χ0v) is 5.72. The Bertz CT molecular complexity index is 249. The van der Waals surface area contributed by atoms with Gasteiger partial charge in [0.2, 0.25) is 0 Å². The third-order valence-corrected chi connectivity index (χ3v) is 1.93. The van der Waals surface area contributed by atoms with E-state index in [-0.39, 0.29) is 0 Å². The van der Waals surface area contributed by atoms with Crippen LogP contribution in [0.25, 0.3) is 0 Å². The molecule has 0 amide bonds. The summed E-state index contributed by atoms with van der Waals surface area (Å²) in [5.41, 5.74) is 3.53. The molecule has 1 heteroatoms. The van der Waals surface area contributed by atoms with Crippen LogP contribution < -0.4 is 0 Å². The van der Waals surface area contributed by atoms with Crippen LogP contribution in [0.1, 0.15) is 11.1 Å². The molecule has 1 aliphatic rings. The third-order valence-electron chi connectivity index (χ3n) is 1.93. The Morgan fingerprint density at radius 3 is 2.00 bits per heavy atom. The molecule has 0 saturated heterocycles. The molecule has 1 aromatic rings. The van der Waals surface area contributed by atoms with Crippen molar-refractivity contribution in [2.75, 3.05) is 0 Å². The van der Waals surface area contributed by atoms with Gasteiger partial charge in [0, 0.05) is 18.6 Å². The summed E-state index contributed by atoms with van der Waals surface area (Å²) in [7, 11) is 0. The minimum absolute atomic E-state index is 0.848. The van der Waals surface area contributed by atoms with Crippen LogP contribution in [0.15, 0.2) is 24.3 Å². The molecule has 1 nitrogen and oxygen atoms in total. The van der Waals surface area contributed by atoms with Crippen LogP contribution >= 0.6 is 0 Å². The first-order valence-electron chi connectivity index (χ1n) is 3.49. The van der Waals surface area contributed by atoms with Crippen molar-refractivity contribution >= 4 is 5.71 Å². The lowest BCUT2D eigenvalue weighted by molar-refractivity contribution is 1.32. The minimum Gasteiger partial charge on any atom is -0.309 e. The van der Waals surface area contributed by atoms with Crippen LogP contribution in [0.5, 0.6) is 0 Å². The van der Waals surface area contributed by atoms with E-state index in [2.05, 4.69) is 12.1 Å². The molecule has 1 aliphatic carbocycles. The Kier molecular flexibility index (Phi) is 1.10. The van der Waals surface area contributed by atoms with Crippen LogP contribution in [0, 0.1) is 5.41 Å². The van der Waals surface area contributed by atoms with Gasteiger partial charge in [-0.3, -0.25) is 0 Å². The summed E-state index contributed by atoms with van der Waals surface area (Å²) in [6.45, 7) is 0. The van der Waals surface area contributed by atoms with Crippen LogP contribution in [-0.4, -0.2) is 5.71 Å². The highest BCUT2D eigenvalue weighted by atomic mass is 14.4. The van der Waals surface area contributed by atoms with Gasteiger partial charge >= 0.3 is 0 Å². The van der Waals surface area contributed by atoms with Crippen molar-refractivity contribution in [1.82, 2.24) is 0 Å². The fourth-order valence-corrected chi connectivity index (χ4v) is 1.42. The molecule has 0 bridgehead atoms. The Morgan fingerprint density at radius 2 is 1.50 bits per heavy atom. The van der Waals surface area contributed by atoms with Gasteiger partial charge in [0.05, 0.1) is 0 Å². The number of fused-ring (bicyclic) bond motifs is 1. The quantitative estimate of drug-likeness (QED) is 0.555. The van der Waals surface area contributed by atoms with E-state index in [1.165, 1.54) is 11.1 Å². The molecule has 0 heterocycles. The summed E-state index contributed by atoms with van der Waals surface area (Å²) in [4.78, 5) is 0. The average Bonchev–Trinajstić information content (AvgIpc) is 2.27. The SMILES string of the molecule is N=C1Cc2ccccc2C1. The molecule has 0 fully saturated rings. The molecule has 0 aliphatic heterocycles. The van der Waals surface area contributed by atoms with Crippen molar-refractivity contribution in [1.29, 1.82) is 5.41 Å². The monoisotopic (exact) mass is 131 g/mol. The molecule has 0 unspecified atom stereocenters. The second kappa shape index (κ2) is 1.94. The summed E-state index contributed by atoms with van der Waals surface area (Å²) >= 11 is 0. The summed E-state index contributed by atoms with van der Waals surface area (Å²) in [6.07, 6.45) is 1.74. The van der Waals surface area contributed by atoms with Gasteiger partial charge in [-0.25, -0.2) is 0 Å². The molecule has 10 heavy (non-hydrogen) atoms. The first-order chi connectivity index (χ1) is 4.86. The second-order valence-electron chi connectivity index (χ2n) is 2.73. The van der Waals surface area contributed by atoms with Crippen molar-refractivity contribution in [3.63, 3.8) is 0 Å². The summed E-state index contributed by atoms with van der Waals surface area (Å²) in [5.74, 6) is 0. The maximum absolute atomic E-state index is 7.43. The van der Waals surface area contributed by atoms with Crippen LogP contribution in [0.2, 0.25) is 0 Å². The van der Waals surface area contributed by atoms with Gasteiger partial charge in [-0.05, 0) is 11.1 Å². The molecule has 1 N–H and O–H groups in total. The first-order valence-corrected chi connectivity index (χ1v) is 3.49. The Balaban J connectivity index is 2.51. The van der Waals surface area contributed by atoms with E-state index in [9.17, 15) is 0 Å². The lowest BCUT2D eigenvalue weighted by Gasteiger charge is -1.92. The molecule has 2 rings (SSSR count). The molecule has 50 valence electrons. The van der Waals surface area contributed by atoms with Crippen LogP contribution in [-0.2, 0) is 12.8 Å². The van der Waals surface area contributed by atoms with Gasteiger partial charge in [-0.2, -0.15) is 0 Å². The van der Waals surface area contributed by atoms with Gasteiger partial charge in [-0.1, -0.05) is 24.3 Å². The molecular weight excluding hydrogens is 122 g/mol. The molecule has 0 atom stereocenters. The topological polar surface area (TPSA) is 23.9 Å². The molecule has 1 aromatic carbocycles. The van der Waals surface area contributed by atoms with Crippen LogP contribution in [0.4, 0.5) is 0 Å². The maximum atomic E-state index is 7.43. The highest BCUT2D eigenvalue weighted by molar-refractivity contribution is 5.90. The van der Waals surface area contributed by atoms with Crippen molar-refractivity contribution in [3.8, 4) is 0 Å². The maximum Gasteiger partial charge on any atom is 0.0177 e. The number of hydrogen-bond acceptors (Lipinski definition) is 1. The predicted octanol–water partition coefficient (Wildman–Crippen LogP) is 1.80. The van der Waals surface area contributed by atoms with Gasteiger partial charge in [0.1, 0.15) is 0 Å². The van der Waals surface area contributed by atoms with E-state index >= 15 is 0 Å². The lowest BCUT2D eigenvalue weighted by Crippen LogP contribution is -1.90. The van der Waals surface area contributed by atoms with Crippen molar-refractivity contribution in [3.05, 3.63) is 35.4 Å². The average molecular weight is 131 g/mol. The first kappa shape index (κ1) is 5.66. The number of hydrogen-bond donors (Lipinski definition) is 1. The Labute approximate surface area is 60.2 Å². The smallest absolute Gasteiger partial charge is 0.0177 e. The van der Waals surface area contributed by atoms with Crippen molar-refractivity contribution < 1.29 is 0 Å². The van der Waals surface area contributed by atoms with Gasteiger partial charge in [0.15, 0.2) is 0 Å². The Hall–Kier alpha value is -1.11. The highest BCUT2D eigenvalue weighted by Gasteiger charge is 2.13. The van der Waals surface area contributed by atoms with Gasteiger partial charge < -0.3 is 5.41 Å². The predicted molar refractivity (Wildman–Crippen MR) is 41.6 cm³/mol. The van der Waals surface area contributed by atoms with E-state index in [1.807, 2.05) is 12.1 Å². The molecule has 0 radical (unpaired) electrons. The van der Waals surface area contributed by atoms with Crippen LogP contribution in [0.3, 0.4) is 0 Å². The number of rotatable bonds is 0. The van der Waals surface area contributed by atoms with Crippen molar-refractivity contribution in [2.24, 2.45) is 0 Å². The summed E-state index contributed by atoms with van der Waals surface area (Å²) < 4.78 is 0. The second-order valence-corrected chi connectivity index (χ2v) is 2.73. The Morgan fingerprint density at radius 1 is 1.00 bits per heavy atom. The lowest BCUT2D eigenvalue weighted by atomic mass is 10.1. The van der Waals surface area contributed by atoms with E-state index in [0.29, 0.717) is 0 Å². The molecule has 0 spiro atoms. The fraction of sp³-hybridized carbons (Fsp3) is 0.222. The van der Waals surface area contributed by atoms with E-state index < -0.39 is 0 Å². The zero-order valence-electron chi connectivity index (χ0n) is 5.72. The summed E-state index contributed by atoms with van der Waals surface area (Å²) in [5, 5.41) is 7.43. The van der Waals surface area contributed by atoms with Crippen molar-refractivity contribution in [2.45, 2.75) is 12.8 Å². The molecule has 0 saturated carbocycles. The third kappa shape index (κ3) is 0.747.